The number of hydrogen-bond acceptors (Lipinski definition) is 5. The number of nitrogens with zero attached hydrogens (tertiary/aromatic N) is 4. The van der Waals surface area contributed by atoms with Crippen LogP contribution in [0, 0.1) is 0 Å². The zero-order valence-corrected chi connectivity index (χ0v) is 10.4. The number of rotatable bonds is 1. The van der Waals surface area contributed by atoms with Crippen LogP contribution in [0.15, 0.2) is 18.6 Å². The molecule has 0 saturated carbocycles. The van der Waals surface area contributed by atoms with Crippen LogP contribution in [0.4, 0.5) is 11.6 Å². The van der Waals surface area contributed by atoms with E-state index in [2.05, 4.69) is 14.9 Å². The quantitative estimate of drug-likeness (QED) is 0.774. The minimum atomic E-state index is -0.567. The molecule has 6 nitrogen and oxygen atoms in total. The third-order valence-corrected chi connectivity index (χ3v) is 3.52. The van der Waals surface area contributed by atoms with E-state index in [9.17, 15) is 5.11 Å². The molecule has 0 aromatic carbocycles. The fraction of sp³-hybridized carbons (Fsp3) is 0.500. The number of imidazole rings is 1. The SMILES string of the molecule is CC1(O)CCN(c2nc(N)cn3ccnc23)CC1. The third-order valence-electron chi connectivity index (χ3n) is 3.52. The van der Waals surface area contributed by atoms with Crippen LogP contribution in [0.25, 0.3) is 5.65 Å². The van der Waals surface area contributed by atoms with Gasteiger partial charge < -0.3 is 20.1 Å². The molecule has 2 aromatic rings. The van der Waals surface area contributed by atoms with Crippen molar-refractivity contribution in [1.82, 2.24) is 14.4 Å². The highest BCUT2D eigenvalue weighted by molar-refractivity contribution is 5.66. The lowest BCUT2D eigenvalue weighted by Gasteiger charge is -2.36. The molecule has 0 aliphatic carbocycles. The molecule has 0 unspecified atom stereocenters. The average molecular weight is 247 g/mol. The maximum absolute atomic E-state index is 9.97. The number of aliphatic hydroxyl groups is 1. The van der Waals surface area contributed by atoms with Gasteiger partial charge in [-0.2, -0.15) is 0 Å². The molecule has 6 heteroatoms. The monoisotopic (exact) mass is 247 g/mol. The van der Waals surface area contributed by atoms with Gasteiger partial charge in [-0.25, -0.2) is 9.97 Å². The van der Waals surface area contributed by atoms with Crippen LogP contribution in [-0.2, 0) is 0 Å². The second-order valence-electron chi connectivity index (χ2n) is 5.13. The lowest BCUT2D eigenvalue weighted by Crippen LogP contribution is -2.43. The van der Waals surface area contributed by atoms with Crippen LogP contribution in [0.1, 0.15) is 19.8 Å². The van der Waals surface area contributed by atoms with Gasteiger partial charge in [-0.1, -0.05) is 0 Å². The molecule has 3 rings (SSSR count). The Kier molecular flexibility index (Phi) is 2.41. The number of nitrogen functional groups attached to an aromatic ring is 1. The van der Waals surface area contributed by atoms with Crippen molar-refractivity contribution < 1.29 is 5.11 Å². The zero-order valence-electron chi connectivity index (χ0n) is 10.4. The molecule has 96 valence electrons. The average Bonchev–Trinajstić information content (AvgIpc) is 2.76. The Labute approximate surface area is 105 Å². The number of hydrogen-bond donors (Lipinski definition) is 2. The van der Waals surface area contributed by atoms with E-state index in [1.54, 1.807) is 12.4 Å². The Bertz CT molecular complexity index is 567. The molecular weight excluding hydrogens is 230 g/mol. The zero-order chi connectivity index (χ0) is 12.8. The summed E-state index contributed by atoms with van der Waals surface area (Å²) in [7, 11) is 0. The number of aromatic nitrogens is 3. The molecule has 2 aromatic heterocycles. The fourth-order valence-electron chi connectivity index (χ4n) is 2.35. The summed E-state index contributed by atoms with van der Waals surface area (Å²) in [5.74, 6) is 1.28. The van der Waals surface area contributed by atoms with Crippen LogP contribution >= 0.6 is 0 Å². The smallest absolute Gasteiger partial charge is 0.180 e. The van der Waals surface area contributed by atoms with E-state index in [-0.39, 0.29) is 0 Å². The van der Waals surface area contributed by atoms with E-state index in [0.29, 0.717) is 5.82 Å². The highest BCUT2D eigenvalue weighted by Crippen LogP contribution is 2.27. The van der Waals surface area contributed by atoms with Crippen LogP contribution in [0.5, 0.6) is 0 Å². The van der Waals surface area contributed by atoms with Crippen molar-refractivity contribution in [2.45, 2.75) is 25.4 Å². The molecule has 0 bridgehead atoms. The van der Waals surface area contributed by atoms with Crippen molar-refractivity contribution in [1.29, 1.82) is 0 Å². The second-order valence-corrected chi connectivity index (χ2v) is 5.13. The molecule has 1 fully saturated rings. The summed E-state index contributed by atoms with van der Waals surface area (Å²) in [6.07, 6.45) is 6.82. The standard InChI is InChI=1S/C12H17N5O/c1-12(18)2-5-16(6-3-12)11-10-14-4-7-17(10)8-9(13)15-11/h4,7-8,18H,2-3,5-6,13H2,1H3. The van der Waals surface area contributed by atoms with Gasteiger partial charge in [-0.05, 0) is 19.8 Å². The highest BCUT2D eigenvalue weighted by atomic mass is 16.3. The summed E-state index contributed by atoms with van der Waals surface area (Å²) in [4.78, 5) is 10.8. The lowest BCUT2D eigenvalue weighted by molar-refractivity contribution is 0.0350. The summed E-state index contributed by atoms with van der Waals surface area (Å²) < 4.78 is 1.88. The molecule has 3 heterocycles. The van der Waals surface area contributed by atoms with Gasteiger partial charge in [0.1, 0.15) is 5.82 Å². The maximum Gasteiger partial charge on any atom is 0.180 e. The molecule has 0 atom stereocenters. The Morgan fingerprint density at radius 3 is 2.83 bits per heavy atom. The predicted molar refractivity (Wildman–Crippen MR) is 69.5 cm³/mol. The highest BCUT2D eigenvalue weighted by Gasteiger charge is 2.29. The van der Waals surface area contributed by atoms with E-state index in [1.807, 2.05) is 17.5 Å². The Morgan fingerprint density at radius 1 is 1.39 bits per heavy atom. The summed E-state index contributed by atoms with van der Waals surface area (Å²) in [6, 6.07) is 0. The number of fused-ring (bicyclic) bond motifs is 1. The van der Waals surface area contributed by atoms with Crippen LogP contribution < -0.4 is 10.6 Å². The van der Waals surface area contributed by atoms with Gasteiger partial charge in [-0.15, -0.1) is 0 Å². The van der Waals surface area contributed by atoms with Crippen molar-refractivity contribution in [3.05, 3.63) is 18.6 Å². The van der Waals surface area contributed by atoms with Crippen LogP contribution in [-0.4, -0.2) is 38.2 Å². The third kappa shape index (κ3) is 1.88. The van der Waals surface area contributed by atoms with Crippen molar-refractivity contribution in [3.63, 3.8) is 0 Å². The molecule has 1 saturated heterocycles. The summed E-state index contributed by atoms with van der Waals surface area (Å²) in [6.45, 7) is 3.42. The topological polar surface area (TPSA) is 79.7 Å². The Morgan fingerprint density at radius 2 is 2.11 bits per heavy atom. The van der Waals surface area contributed by atoms with Gasteiger partial charge in [0, 0.05) is 25.5 Å². The van der Waals surface area contributed by atoms with Gasteiger partial charge in [0.15, 0.2) is 11.5 Å². The van der Waals surface area contributed by atoms with E-state index in [1.165, 1.54) is 0 Å². The molecule has 0 amide bonds. The van der Waals surface area contributed by atoms with Crippen molar-refractivity contribution in [3.8, 4) is 0 Å². The van der Waals surface area contributed by atoms with E-state index >= 15 is 0 Å². The molecule has 3 N–H and O–H groups in total. The van der Waals surface area contributed by atoms with E-state index < -0.39 is 5.60 Å². The van der Waals surface area contributed by atoms with E-state index in [4.69, 9.17) is 5.73 Å². The minimum absolute atomic E-state index is 0.479. The fourth-order valence-corrected chi connectivity index (χ4v) is 2.35. The van der Waals surface area contributed by atoms with E-state index in [0.717, 1.165) is 37.4 Å². The maximum atomic E-state index is 9.97. The number of piperidine rings is 1. The minimum Gasteiger partial charge on any atom is -0.390 e. The molecule has 18 heavy (non-hydrogen) atoms. The van der Waals surface area contributed by atoms with Crippen molar-refractivity contribution in [2.75, 3.05) is 23.7 Å². The second kappa shape index (κ2) is 3.84. The van der Waals surface area contributed by atoms with Gasteiger partial charge in [-0.3, -0.25) is 0 Å². The molecule has 0 spiro atoms. The van der Waals surface area contributed by atoms with Crippen LogP contribution in [0.2, 0.25) is 0 Å². The van der Waals surface area contributed by atoms with Gasteiger partial charge in [0.25, 0.3) is 0 Å². The first-order chi connectivity index (χ1) is 8.55. The summed E-state index contributed by atoms with van der Waals surface area (Å²) >= 11 is 0. The Hall–Kier alpha value is -1.82. The molecular formula is C12H17N5O. The summed E-state index contributed by atoms with van der Waals surface area (Å²) in [5, 5.41) is 9.97. The first-order valence-electron chi connectivity index (χ1n) is 6.12. The van der Waals surface area contributed by atoms with Gasteiger partial charge >= 0.3 is 0 Å². The molecule has 0 radical (unpaired) electrons. The first-order valence-corrected chi connectivity index (χ1v) is 6.12. The lowest BCUT2D eigenvalue weighted by atomic mass is 9.94. The molecule has 1 aliphatic rings. The number of anilines is 2. The summed E-state index contributed by atoms with van der Waals surface area (Å²) in [5.41, 5.74) is 6.05. The van der Waals surface area contributed by atoms with Crippen LogP contribution in [0.3, 0.4) is 0 Å². The predicted octanol–water partition coefficient (Wildman–Crippen LogP) is 0.663. The number of nitrogens with two attached hydrogens (primary N) is 1. The van der Waals surface area contributed by atoms with Crippen molar-refractivity contribution in [2.24, 2.45) is 0 Å². The van der Waals surface area contributed by atoms with Gasteiger partial charge in [0.05, 0.1) is 11.8 Å². The van der Waals surface area contributed by atoms with Crippen molar-refractivity contribution >= 4 is 17.3 Å². The largest absolute Gasteiger partial charge is 0.390 e. The Balaban J connectivity index is 1.97. The first kappa shape index (κ1) is 11.3. The normalized spacial score (nSPS) is 19.3. The van der Waals surface area contributed by atoms with Gasteiger partial charge in [0.2, 0.25) is 0 Å². The molecule has 1 aliphatic heterocycles.